The molecule has 27 heavy (non-hydrogen) atoms. The zero-order valence-corrected chi connectivity index (χ0v) is 16.5. The standard InChI is InChI=1S/C19H28N6O2/c1-5-27-17-10-14(6-8-16(17)26-4)11-21-19(20-3)23-15-7-9-18-22-13(2)24-25(18)12-15/h6,8,10,15H,5,7,9,11-12H2,1-4H3,(H2,20,21,23). The summed E-state index contributed by atoms with van der Waals surface area (Å²) in [6.45, 7) is 5.93. The molecule has 0 saturated heterocycles. The number of methoxy groups -OCH3 is 1. The molecular formula is C19H28N6O2. The first-order chi connectivity index (χ1) is 13.1. The summed E-state index contributed by atoms with van der Waals surface area (Å²) < 4.78 is 13.0. The van der Waals surface area contributed by atoms with Crippen molar-refractivity contribution in [3.63, 3.8) is 0 Å². The van der Waals surface area contributed by atoms with Gasteiger partial charge in [0.1, 0.15) is 11.6 Å². The highest BCUT2D eigenvalue weighted by molar-refractivity contribution is 5.80. The van der Waals surface area contributed by atoms with E-state index < -0.39 is 0 Å². The van der Waals surface area contributed by atoms with E-state index in [1.54, 1.807) is 14.2 Å². The maximum absolute atomic E-state index is 5.64. The highest BCUT2D eigenvalue weighted by Crippen LogP contribution is 2.28. The summed E-state index contributed by atoms with van der Waals surface area (Å²) in [7, 11) is 3.43. The predicted molar refractivity (Wildman–Crippen MR) is 104 cm³/mol. The number of nitrogens with zero attached hydrogens (tertiary/aromatic N) is 4. The number of guanidine groups is 1. The van der Waals surface area contributed by atoms with Crippen molar-refractivity contribution in [3.8, 4) is 11.5 Å². The van der Waals surface area contributed by atoms with Crippen LogP contribution in [0.25, 0.3) is 0 Å². The van der Waals surface area contributed by atoms with Gasteiger partial charge in [-0.3, -0.25) is 4.99 Å². The van der Waals surface area contributed by atoms with E-state index >= 15 is 0 Å². The van der Waals surface area contributed by atoms with Crippen LogP contribution in [0.3, 0.4) is 0 Å². The van der Waals surface area contributed by atoms with Gasteiger partial charge in [0.15, 0.2) is 17.5 Å². The third-order valence-corrected chi connectivity index (χ3v) is 4.52. The molecule has 0 spiro atoms. The molecule has 2 N–H and O–H groups in total. The molecule has 8 nitrogen and oxygen atoms in total. The average molecular weight is 372 g/mol. The second kappa shape index (κ2) is 8.75. The fourth-order valence-electron chi connectivity index (χ4n) is 3.22. The zero-order chi connectivity index (χ0) is 19.2. The number of benzene rings is 1. The van der Waals surface area contributed by atoms with Crippen LogP contribution in [0.2, 0.25) is 0 Å². The van der Waals surface area contributed by atoms with Crippen LogP contribution in [-0.4, -0.2) is 47.5 Å². The van der Waals surface area contributed by atoms with Gasteiger partial charge < -0.3 is 20.1 Å². The topological polar surface area (TPSA) is 85.6 Å². The fourth-order valence-corrected chi connectivity index (χ4v) is 3.22. The van der Waals surface area contributed by atoms with Crippen molar-refractivity contribution in [3.05, 3.63) is 35.4 Å². The Morgan fingerprint density at radius 1 is 1.37 bits per heavy atom. The molecule has 2 aromatic rings. The van der Waals surface area contributed by atoms with E-state index in [9.17, 15) is 0 Å². The van der Waals surface area contributed by atoms with Crippen LogP contribution in [-0.2, 0) is 19.5 Å². The molecule has 3 rings (SSSR count). The van der Waals surface area contributed by atoms with Crippen LogP contribution >= 0.6 is 0 Å². The molecular weight excluding hydrogens is 344 g/mol. The summed E-state index contributed by atoms with van der Waals surface area (Å²) in [5.74, 6) is 4.16. The van der Waals surface area contributed by atoms with Crippen LogP contribution < -0.4 is 20.1 Å². The van der Waals surface area contributed by atoms with Crippen molar-refractivity contribution in [1.29, 1.82) is 0 Å². The van der Waals surface area contributed by atoms with Gasteiger partial charge in [0.05, 0.1) is 20.3 Å². The van der Waals surface area contributed by atoms with Crippen LogP contribution in [0.5, 0.6) is 11.5 Å². The predicted octanol–water partition coefficient (Wildman–Crippen LogP) is 1.67. The molecule has 1 aliphatic heterocycles. The lowest BCUT2D eigenvalue weighted by Crippen LogP contribution is -2.46. The van der Waals surface area contributed by atoms with Crippen molar-refractivity contribution >= 4 is 5.96 Å². The van der Waals surface area contributed by atoms with Gasteiger partial charge >= 0.3 is 0 Å². The number of fused-ring (bicyclic) bond motifs is 1. The molecule has 1 atom stereocenters. The second-order valence-corrected chi connectivity index (χ2v) is 6.48. The van der Waals surface area contributed by atoms with E-state index in [0.717, 1.165) is 54.1 Å². The molecule has 1 aliphatic rings. The van der Waals surface area contributed by atoms with Gasteiger partial charge in [0, 0.05) is 26.1 Å². The maximum Gasteiger partial charge on any atom is 0.191 e. The number of aryl methyl sites for hydroxylation is 2. The molecule has 0 aliphatic carbocycles. The maximum atomic E-state index is 5.64. The molecule has 146 valence electrons. The lowest BCUT2D eigenvalue weighted by molar-refractivity contribution is 0.310. The smallest absolute Gasteiger partial charge is 0.191 e. The first-order valence-electron chi connectivity index (χ1n) is 9.30. The molecule has 0 saturated carbocycles. The Morgan fingerprint density at radius 2 is 2.22 bits per heavy atom. The second-order valence-electron chi connectivity index (χ2n) is 6.48. The number of hydrogen-bond acceptors (Lipinski definition) is 5. The Kier molecular flexibility index (Phi) is 6.16. The van der Waals surface area contributed by atoms with Gasteiger partial charge in [-0.05, 0) is 38.0 Å². The Balaban J connectivity index is 1.57. The number of aliphatic imine (C=N–C) groups is 1. The minimum atomic E-state index is 0.277. The first-order valence-corrected chi connectivity index (χ1v) is 9.30. The van der Waals surface area contributed by atoms with Crippen molar-refractivity contribution < 1.29 is 9.47 Å². The van der Waals surface area contributed by atoms with Crippen molar-refractivity contribution in [2.24, 2.45) is 4.99 Å². The van der Waals surface area contributed by atoms with Gasteiger partial charge in [-0.15, -0.1) is 0 Å². The zero-order valence-electron chi connectivity index (χ0n) is 16.5. The van der Waals surface area contributed by atoms with Crippen LogP contribution in [0, 0.1) is 6.92 Å². The van der Waals surface area contributed by atoms with E-state index in [1.807, 2.05) is 36.7 Å². The van der Waals surface area contributed by atoms with E-state index in [1.165, 1.54) is 0 Å². The lowest BCUT2D eigenvalue weighted by atomic mass is 10.1. The Bertz CT molecular complexity index is 801. The number of rotatable bonds is 6. The van der Waals surface area contributed by atoms with Gasteiger partial charge in [-0.25, -0.2) is 9.67 Å². The minimum absolute atomic E-state index is 0.277. The largest absolute Gasteiger partial charge is 0.493 e. The number of nitrogens with one attached hydrogen (secondary N) is 2. The SMILES string of the molecule is CCOc1cc(CNC(=NC)NC2CCc3nc(C)nn3C2)ccc1OC. The van der Waals surface area contributed by atoms with Crippen molar-refractivity contribution in [2.75, 3.05) is 20.8 Å². The summed E-state index contributed by atoms with van der Waals surface area (Å²) in [5.41, 5.74) is 1.10. The summed E-state index contributed by atoms with van der Waals surface area (Å²) in [6, 6.07) is 6.22. The van der Waals surface area contributed by atoms with Gasteiger partial charge in [0.25, 0.3) is 0 Å². The number of ether oxygens (including phenoxy) is 2. The summed E-state index contributed by atoms with van der Waals surface area (Å²) in [6.07, 6.45) is 1.93. The van der Waals surface area contributed by atoms with Crippen LogP contribution in [0.4, 0.5) is 0 Å². The first kappa shape index (κ1) is 19.0. The van der Waals surface area contributed by atoms with E-state index in [0.29, 0.717) is 13.2 Å². The van der Waals surface area contributed by atoms with Gasteiger partial charge in [-0.2, -0.15) is 5.10 Å². The molecule has 0 amide bonds. The summed E-state index contributed by atoms with van der Waals surface area (Å²) in [5, 5.41) is 11.3. The summed E-state index contributed by atoms with van der Waals surface area (Å²) in [4.78, 5) is 8.80. The minimum Gasteiger partial charge on any atom is -0.493 e. The average Bonchev–Trinajstić information content (AvgIpc) is 3.04. The molecule has 1 aromatic carbocycles. The molecule has 1 aromatic heterocycles. The van der Waals surface area contributed by atoms with E-state index in [2.05, 4.69) is 25.7 Å². The monoisotopic (exact) mass is 372 g/mol. The van der Waals surface area contributed by atoms with Crippen LogP contribution in [0.1, 0.15) is 30.6 Å². The van der Waals surface area contributed by atoms with Gasteiger partial charge in [-0.1, -0.05) is 6.07 Å². The molecule has 1 unspecified atom stereocenters. The van der Waals surface area contributed by atoms with Crippen LogP contribution in [0.15, 0.2) is 23.2 Å². The van der Waals surface area contributed by atoms with Gasteiger partial charge in [0.2, 0.25) is 0 Å². The lowest BCUT2D eigenvalue weighted by Gasteiger charge is -2.25. The van der Waals surface area contributed by atoms with Crippen molar-refractivity contribution in [1.82, 2.24) is 25.4 Å². The molecule has 2 heterocycles. The normalized spacial score (nSPS) is 16.6. The highest BCUT2D eigenvalue weighted by Gasteiger charge is 2.21. The molecule has 8 heteroatoms. The Morgan fingerprint density at radius 3 is 2.96 bits per heavy atom. The highest BCUT2D eigenvalue weighted by atomic mass is 16.5. The molecule has 0 fully saturated rings. The molecule has 0 bridgehead atoms. The Labute approximate surface area is 160 Å². The number of hydrogen-bond donors (Lipinski definition) is 2. The molecule has 0 radical (unpaired) electrons. The third-order valence-electron chi connectivity index (χ3n) is 4.52. The fraction of sp³-hybridized carbons (Fsp3) is 0.526. The van der Waals surface area contributed by atoms with E-state index in [-0.39, 0.29) is 6.04 Å². The van der Waals surface area contributed by atoms with Crippen molar-refractivity contribution in [2.45, 2.75) is 45.8 Å². The van der Waals surface area contributed by atoms with E-state index in [4.69, 9.17) is 9.47 Å². The quantitative estimate of drug-likeness (QED) is 0.593. The Hall–Kier alpha value is -2.77. The summed E-state index contributed by atoms with van der Waals surface area (Å²) >= 11 is 0. The third kappa shape index (κ3) is 4.69. The number of aromatic nitrogens is 3.